The lowest BCUT2D eigenvalue weighted by Gasteiger charge is -2.37. The number of rotatable bonds is 4. The predicted molar refractivity (Wildman–Crippen MR) is 103 cm³/mol. The summed E-state index contributed by atoms with van der Waals surface area (Å²) in [5.41, 5.74) is 0.946. The van der Waals surface area contributed by atoms with Gasteiger partial charge in [-0.25, -0.2) is 4.98 Å². The van der Waals surface area contributed by atoms with Crippen molar-refractivity contribution in [2.75, 3.05) is 13.1 Å². The number of aromatic hydroxyl groups is 1. The maximum Gasteiger partial charge on any atom is 0.269 e. The number of non-ortho nitro benzene ring substituents is 1. The number of aromatic nitrogens is 3. The van der Waals surface area contributed by atoms with Crippen molar-refractivity contribution in [1.29, 1.82) is 0 Å². The number of thiazole rings is 1. The molecule has 4 rings (SSSR count). The molecule has 9 nitrogen and oxygen atoms in total. The third-order valence-electron chi connectivity index (χ3n) is 4.98. The number of nitro groups is 1. The fraction of sp³-hybridized carbons (Fsp3) is 0.444. The number of ether oxygens (including phenoxy) is 1. The fourth-order valence-electron chi connectivity index (χ4n) is 3.95. The number of aryl methyl sites for hydroxylation is 1. The smallest absolute Gasteiger partial charge is 0.269 e. The van der Waals surface area contributed by atoms with Crippen LogP contribution in [0.25, 0.3) is 4.96 Å². The van der Waals surface area contributed by atoms with Crippen molar-refractivity contribution >= 4 is 22.0 Å². The van der Waals surface area contributed by atoms with Crippen LogP contribution in [0.4, 0.5) is 5.69 Å². The number of benzene rings is 1. The molecule has 1 fully saturated rings. The first-order valence-electron chi connectivity index (χ1n) is 9.13. The highest BCUT2D eigenvalue weighted by molar-refractivity contribution is 7.17. The Labute approximate surface area is 165 Å². The molecule has 0 spiro atoms. The first kappa shape index (κ1) is 18.8. The second kappa shape index (κ2) is 7.12. The molecule has 148 valence electrons. The minimum Gasteiger partial charge on any atom is -0.492 e. The molecule has 0 bridgehead atoms. The van der Waals surface area contributed by atoms with Gasteiger partial charge in [0.1, 0.15) is 36.0 Å². The summed E-state index contributed by atoms with van der Waals surface area (Å²) in [5.74, 6) is 0.671. The number of hydrogen-bond acceptors (Lipinski definition) is 7. The van der Waals surface area contributed by atoms with Gasteiger partial charge in [-0.2, -0.15) is 4.52 Å². The normalized spacial score (nSPS) is 23.8. The molecule has 3 heterocycles. The molecule has 28 heavy (non-hydrogen) atoms. The Morgan fingerprint density at radius 2 is 1.96 bits per heavy atom. The van der Waals surface area contributed by atoms with Gasteiger partial charge >= 0.3 is 0 Å². The van der Waals surface area contributed by atoms with Gasteiger partial charge < -0.3 is 14.7 Å². The molecule has 0 aliphatic carbocycles. The van der Waals surface area contributed by atoms with E-state index in [1.54, 1.807) is 19.1 Å². The Bertz CT molecular complexity index is 1010. The van der Waals surface area contributed by atoms with Gasteiger partial charge in [-0.3, -0.25) is 10.1 Å². The van der Waals surface area contributed by atoms with Crippen LogP contribution in [-0.4, -0.2) is 49.9 Å². The molecule has 10 heteroatoms. The van der Waals surface area contributed by atoms with E-state index in [-0.39, 0.29) is 29.8 Å². The van der Waals surface area contributed by atoms with Crippen molar-refractivity contribution in [3.05, 3.63) is 50.6 Å². The van der Waals surface area contributed by atoms with E-state index in [9.17, 15) is 15.2 Å². The Hall–Kier alpha value is -2.56. The van der Waals surface area contributed by atoms with Gasteiger partial charge in [0.05, 0.1) is 4.92 Å². The second-order valence-corrected chi connectivity index (χ2v) is 8.26. The van der Waals surface area contributed by atoms with Crippen LogP contribution < -0.4 is 4.90 Å². The SMILES string of the molecule is Cc1nc2sc([C@@H](c3ccc([N+](=O)[O-])cc3)[NH+]3C[C@@H](C)O[C@H](C)C3)c(O)n2n1. The maximum atomic E-state index is 11.0. The summed E-state index contributed by atoms with van der Waals surface area (Å²) in [6, 6.07) is 6.35. The average Bonchev–Trinajstić information content (AvgIpc) is 3.13. The van der Waals surface area contributed by atoms with E-state index >= 15 is 0 Å². The number of nitro benzene ring substituents is 1. The number of nitrogens with one attached hydrogen (secondary N) is 1. The van der Waals surface area contributed by atoms with Crippen molar-refractivity contribution in [2.24, 2.45) is 0 Å². The van der Waals surface area contributed by atoms with Crippen molar-refractivity contribution in [2.45, 2.75) is 39.0 Å². The van der Waals surface area contributed by atoms with E-state index in [0.29, 0.717) is 10.8 Å². The van der Waals surface area contributed by atoms with Crippen molar-refractivity contribution in [1.82, 2.24) is 14.6 Å². The zero-order chi connectivity index (χ0) is 20.0. The molecule has 1 aliphatic rings. The molecule has 0 unspecified atom stereocenters. The molecule has 2 aromatic heterocycles. The quantitative estimate of drug-likeness (QED) is 0.504. The third-order valence-corrected chi connectivity index (χ3v) is 6.06. The Morgan fingerprint density at radius 3 is 2.54 bits per heavy atom. The van der Waals surface area contributed by atoms with Crippen molar-refractivity contribution in [3.63, 3.8) is 0 Å². The Balaban J connectivity index is 1.81. The minimum atomic E-state index is -0.409. The molecule has 0 saturated carbocycles. The topological polar surface area (TPSA) is 107 Å². The lowest BCUT2D eigenvalue weighted by atomic mass is 10.0. The summed E-state index contributed by atoms with van der Waals surface area (Å²) < 4.78 is 7.34. The Kier molecular flexibility index (Phi) is 4.77. The van der Waals surface area contributed by atoms with Crippen LogP contribution in [0.5, 0.6) is 5.88 Å². The lowest BCUT2D eigenvalue weighted by Crippen LogP contribution is -3.15. The second-order valence-electron chi connectivity index (χ2n) is 7.25. The molecule has 0 amide bonds. The molecule has 1 aromatic carbocycles. The highest BCUT2D eigenvalue weighted by Crippen LogP contribution is 2.35. The molecular weight excluding hydrogens is 382 g/mol. The van der Waals surface area contributed by atoms with E-state index in [0.717, 1.165) is 23.5 Å². The monoisotopic (exact) mass is 404 g/mol. The lowest BCUT2D eigenvalue weighted by molar-refractivity contribution is -0.939. The van der Waals surface area contributed by atoms with Gasteiger partial charge in [-0.1, -0.05) is 11.3 Å². The van der Waals surface area contributed by atoms with Gasteiger partial charge in [0, 0.05) is 17.7 Å². The summed E-state index contributed by atoms with van der Waals surface area (Å²) in [4.78, 5) is 17.6. The fourth-order valence-corrected chi connectivity index (χ4v) is 5.13. The van der Waals surface area contributed by atoms with Gasteiger partial charge in [-0.15, -0.1) is 5.10 Å². The van der Waals surface area contributed by atoms with Crippen molar-refractivity contribution in [3.8, 4) is 5.88 Å². The zero-order valence-electron chi connectivity index (χ0n) is 15.8. The first-order valence-corrected chi connectivity index (χ1v) is 9.94. The van der Waals surface area contributed by atoms with E-state index in [2.05, 4.69) is 10.1 Å². The summed E-state index contributed by atoms with van der Waals surface area (Å²) in [6.07, 6.45) is 0.150. The van der Waals surface area contributed by atoms with Crippen LogP contribution in [0.1, 0.15) is 36.2 Å². The number of fused-ring (bicyclic) bond motifs is 1. The van der Waals surface area contributed by atoms with Crippen LogP contribution in [0.2, 0.25) is 0 Å². The van der Waals surface area contributed by atoms with Crippen LogP contribution >= 0.6 is 11.3 Å². The standard InChI is InChI=1S/C18H21N5O4S/c1-10-8-21(9-11(2)27-10)15(13-4-6-14(7-5-13)23(25)26)16-17(24)22-18(28-16)19-12(3)20-22/h4-7,10-11,15,24H,8-9H2,1-3H3/p+1/t10-,11-,15-/m1/s1. The summed E-state index contributed by atoms with van der Waals surface area (Å²) >= 11 is 1.40. The predicted octanol–water partition coefficient (Wildman–Crippen LogP) is 1.49. The van der Waals surface area contributed by atoms with E-state index < -0.39 is 4.92 Å². The highest BCUT2D eigenvalue weighted by atomic mass is 32.1. The number of nitrogens with zero attached hydrogens (tertiary/aromatic N) is 4. The number of quaternary nitrogens is 1. The van der Waals surface area contributed by atoms with E-state index in [1.807, 2.05) is 13.8 Å². The van der Waals surface area contributed by atoms with Crippen molar-refractivity contribution < 1.29 is 19.7 Å². The third kappa shape index (κ3) is 3.34. The van der Waals surface area contributed by atoms with E-state index in [4.69, 9.17) is 4.74 Å². The average molecular weight is 404 g/mol. The van der Waals surface area contributed by atoms with Gasteiger partial charge in [0.2, 0.25) is 10.8 Å². The number of hydrogen-bond donors (Lipinski definition) is 2. The van der Waals surface area contributed by atoms with E-state index in [1.165, 1.54) is 32.9 Å². The van der Waals surface area contributed by atoms with Gasteiger partial charge in [-0.05, 0) is 32.9 Å². The molecule has 1 saturated heterocycles. The van der Waals surface area contributed by atoms with Crippen LogP contribution in [0, 0.1) is 17.0 Å². The maximum absolute atomic E-state index is 11.0. The first-order chi connectivity index (χ1) is 13.3. The summed E-state index contributed by atoms with van der Waals surface area (Å²) in [5, 5.41) is 26.2. The van der Waals surface area contributed by atoms with Crippen LogP contribution in [0.15, 0.2) is 24.3 Å². The minimum absolute atomic E-state index is 0.0451. The Morgan fingerprint density at radius 1 is 1.32 bits per heavy atom. The molecule has 3 atom stereocenters. The van der Waals surface area contributed by atoms with Crippen LogP contribution in [0.3, 0.4) is 0 Å². The molecule has 3 aromatic rings. The van der Waals surface area contributed by atoms with Crippen LogP contribution in [-0.2, 0) is 4.74 Å². The molecule has 1 aliphatic heterocycles. The zero-order valence-corrected chi connectivity index (χ0v) is 16.6. The number of morpholine rings is 1. The largest absolute Gasteiger partial charge is 0.492 e. The van der Waals surface area contributed by atoms with Gasteiger partial charge in [0.15, 0.2) is 6.04 Å². The molecule has 2 N–H and O–H groups in total. The summed E-state index contributed by atoms with van der Waals surface area (Å²) in [6.45, 7) is 7.38. The summed E-state index contributed by atoms with van der Waals surface area (Å²) in [7, 11) is 0. The molecular formula is C18H22N5O4S+. The highest BCUT2D eigenvalue weighted by Gasteiger charge is 2.37. The van der Waals surface area contributed by atoms with Gasteiger partial charge in [0.25, 0.3) is 5.69 Å². The molecule has 0 radical (unpaired) electrons.